The maximum Gasteiger partial charge on any atom is 0.274 e. The molecule has 4 aromatic rings. The molecule has 2 N–H and O–H groups in total. The van der Waals surface area contributed by atoms with Gasteiger partial charge in [0.25, 0.3) is 11.8 Å². The summed E-state index contributed by atoms with van der Waals surface area (Å²) < 4.78 is 12.6. The van der Waals surface area contributed by atoms with Gasteiger partial charge in [-0.15, -0.1) is 0 Å². The predicted molar refractivity (Wildman–Crippen MR) is 128 cm³/mol. The van der Waals surface area contributed by atoms with Crippen molar-refractivity contribution in [1.29, 1.82) is 0 Å². The lowest BCUT2D eigenvalue weighted by atomic mass is 10.1. The van der Waals surface area contributed by atoms with Crippen molar-refractivity contribution in [3.63, 3.8) is 0 Å². The molecule has 0 spiro atoms. The number of carbonyl (C=O) groups excluding carboxylic acids is 2. The van der Waals surface area contributed by atoms with Gasteiger partial charge in [0.05, 0.1) is 18.5 Å². The molecule has 4 rings (SSSR count). The summed E-state index contributed by atoms with van der Waals surface area (Å²) in [5.74, 6) is 0.549. The first-order valence-electron chi connectivity index (χ1n) is 10.5. The first-order valence-corrected chi connectivity index (χ1v) is 10.9. The molecule has 8 nitrogen and oxygen atoms in total. The Kier molecular flexibility index (Phi) is 6.98. The number of hydrogen-bond acceptors (Lipinski definition) is 5. The van der Waals surface area contributed by atoms with Crippen LogP contribution in [-0.4, -0.2) is 21.6 Å². The highest BCUT2D eigenvalue weighted by Gasteiger charge is 2.19. The molecule has 9 heteroatoms. The van der Waals surface area contributed by atoms with Crippen LogP contribution in [0.1, 0.15) is 37.7 Å². The van der Waals surface area contributed by atoms with E-state index in [1.165, 1.54) is 10.9 Å². The van der Waals surface area contributed by atoms with Gasteiger partial charge >= 0.3 is 0 Å². The third kappa shape index (κ3) is 5.65. The van der Waals surface area contributed by atoms with Gasteiger partial charge in [-0.2, -0.15) is 5.10 Å². The van der Waals surface area contributed by atoms with Crippen molar-refractivity contribution < 1.29 is 18.7 Å². The molecule has 2 heterocycles. The molecule has 2 aromatic carbocycles. The smallest absolute Gasteiger partial charge is 0.274 e. The molecular formula is C25H23ClN4O4. The van der Waals surface area contributed by atoms with E-state index in [0.717, 1.165) is 16.9 Å². The van der Waals surface area contributed by atoms with Crippen LogP contribution in [0.2, 0.25) is 5.02 Å². The summed E-state index contributed by atoms with van der Waals surface area (Å²) in [7, 11) is 1.68. The Morgan fingerprint density at radius 1 is 1.12 bits per heavy atom. The summed E-state index contributed by atoms with van der Waals surface area (Å²) in [4.78, 5) is 25.5. The number of furan rings is 1. The molecule has 2 amide bonds. The van der Waals surface area contributed by atoms with E-state index in [2.05, 4.69) is 15.7 Å². The molecule has 0 atom stereocenters. The standard InChI is InChI=1S/C25H23ClN4O4/c1-16-11-19(26)8-9-22(16)34-15-17-5-3-6-18(12-17)24(31)28-21-14-30(2)29-23(21)25(32)27-13-20-7-4-10-33-20/h3-12,14H,13,15H2,1-2H3,(H,27,32)(H,28,31). The first kappa shape index (κ1) is 23.1. The van der Waals surface area contributed by atoms with Crippen LogP contribution in [0.15, 0.2) is 71.5 Å². The molecule has 0 fully saturated rings. The van der Waals surface area contributed by atoms with Gasteiger partial charge in [0, 0.05) is 23.8 Å². The van der Waals surface area contributed by atoms with Crippen molar-refractivity contribution in [3.8, 4) is 5.75 Å². The third-order valence-electron chi connectivity index (χ3n) is 5.02. The van der Waals surface area contributed by atoms with Gasteiger partial charge in [-0.3, -0.25) is 14.3 Å². The van der Waals surface area contributed by atoms with Gasteiger partial charge in [-0.1, -0.05) is 23.7 Å². The van der Waals surface area contributed by atoms with Gasteiger partial charge in [-0.05, 0) is 60.5 Å². The Bertz CT molecular complexity index is 1310. The second-order valence-electron chi connectivity index (χ2n) is 7.68. The molecule has 0 aliphatic rings. The van der Waals surface area contributed by atoms with E-state index < -0.39 is 5.91 Å². The van der Waals surface area contributed by atoms with E-state index in [9.17, 15) is 9.59 Å². The number of nitrogens with one attached hydrogen (secondary N) is 2. The second kappa shape index (κ2) is 10.3. The molecule has 0 radical (unpaired) electrons. The summed E-state index contributed by atoms with van der Waals surface area (Å²) in [6.45, 7) is 2.42. The largest absolute Gasteiger partial charge is 0.489 e. The Hall–Kier alpha value is -4.04. The molecule has 0 aliphatic heterocycles. The number of halogens is 1. The normalized spacial score (nSPS) is 10.7. The maximum atomic E-state index is 12.9. The Balaban J connectivity index is 1.42. The average molecular weight is 479 g/mol. The molecule has 0 unspecified atom stereocenters. The SMILES string of the molecule is Cc1cc(Cl)ccc1OCc1cccc(C(=O)Nc2cn(C)nc2C(=O)NCc2ccco2)c1. The fraction of sp³-hybridized carbons (Fsp3) is 0.160. The summed E-state index contributed by atoms with van der Waals surface area (Å²) in [5, 5.41) is 10.3. The fourth-order valence-corrected chi connectivity index (χ4v) is 3.57. The van der Waals surface area contributed by atoms with Crippen LogP contribution in [0.4, 0.5) is 5.69 Å². The lowest BCUT2D eigenvalue weighted by Crippen LogP contribution is -2.25. The number of carbonyl (C=O) groups is 2. The van der Waals surface area contributed by atoms with E-state index in [0.29, 0.717) is 22.0 Å². The summed E-state index contributed by atoms with van der Waals surface area (Å²) in [6, 6.07) is 16.0. The van der Waals surface area contributed by atoms with Gasteiger partial charge < -0.3 is 19.8 Å². The lowest BCUT2D eigenvalue weighted by molar-refractivity contribution is 0.0943. The van der Waals surface area contributed by atoms with E-state index in [4.69, 9.17) is 20.8 Å². The third-order valence-corrected chi connectivity index (χ3v) is 5.25. The fourth-order valence-electron chi connectivity index (χ4n) is 3.34. The van der Waals surface area contributed by atoms with Crippen LogP contribution in [-0.2, 0) is 20.2 Å². The van der Waals surface area contributed by atoms with Crippen LogP contribution in [0.5, 0.6) is 5.75 Å². The summed E-state index contributed by atoms with van der Waals surface area (Å²) in [5.41, 5.74) is 2.60. The number of rotatable bonds is 8. The van der Waals surface area contributed by atoms with Crippen molar-refractivity contribution in [1.82, 2.24) is 15.1 Å². The van der Waals surface area contributed by atoms with Crippen molar-refractivity contribution >= 4 is 29.1 Å². The first-order chi connectivity index (χ1) is 16.4. The number of amides is 2. The molecule has 2 aromatic heterocycles. The van der Waals surface area contributed by atoms with E-state index in [1.54, 1.807) is 49.6 Å². The molecule has 0 saturated carbocycles. The Morgan fingerprint density at radius 2 is 1.97 bits per heavy atom. The number of ether oxygens (including phenoxy) is 1. The van der Waals surface area contributed by atoms with E-state index >= 15 is 0 Å². The molecule has 34 heavy (non-hydrogen) atoms. The predicted octanol–water partition coefficient (Wildman–Crippen LogP) is 4.74. The van der Waals surface area contributed by atoms with Gasteiger partial charge in [-0.25, -0.2) is 0 Å². The van der Waals surface area contributed by atoms with Crippen molar-refractivity contribution in [2.45, 2.75) is 20.1 Å². The van der Waals surface area contributed by atoms with Crippen molar-refractivity contribution in [3.05, 3.63) is 100 Å². The van der Waals surface area contributed by atoms with E-state index in [-0.39, 0.29) is 24.8 Å². The average Bonchev–Trinajstić information content (AvgIpc) is 3.46. The van der Waals surface area contributed by atoms with Crippen LogP contribution < -0.4 is 15.4 Å². The summed E-state index contributed by atoms with van der Waals surface area (Å²) >= 11 is 5.99. The number of anilines is 1. The quantitative estimate of drug-likeness (QED) is 0.381. The highest BCUT2D eigenvalue weighted by molar-refractivity contribution is 6.30. The van der Waals surface area contributed by atoms with Crippen molar-refractivity contribution in [2.24, 2.45) is 7.05 Å². The Morgan fingerprint density at radius 3 is 2.74 bits per heavy atom. The Labute approximate surface area is 201 Å². The number of hydrogen-bond donors (Lipinski definition) is 2. The topological polar surface area (TPSA) is 98.4 Å². The highest BCUT2D eigenvalue weighted by Crippen LogP contribution is 2.23. The van der Waals surface area contributed by atoms with Crippen LogP contribution >= 0.6 is 11.6 Å². The molecule has 174 valence electrons. The van der Waals surface area contributed by atoms with Crippen LogP contribution in [0.3, 0.4) is 0 Å². The number of nitrogens with zero attached hydrogens (tertiary/aromatic N) is 2. The highest BCUT2D eigenvalue weighted by atomic mass is 35.5. The van der Waals surface area contributed by atoms with Crippen LogP contribution in [0.25, 0.3) is 0 Å². The van der Waals surface area contributed by atoms with Gasteiger partial charge in [0.2, 0.25) is 0 Å². The van der Waals surface area contributed by atoms with Crippen molar-refractivity contribution in [2.75, 3.05) is 5.32 Å². The number of benzene rings is 2. The van der Waals surface area contributed by atoms with Crippen LogP contribution in [0, 0.1) is 6.92 Å². The van der Waals surface area contributed by atoms with Gasteiger partial charge in [0.15, 0.2) is 5.69 Å². The molecule has 0 saturated heterocycles. The monoisotopic (exact) mass is 478 g/mol. The van der Waals surface area contributed by atoms with E-state index in [1.807, 2.05) is 25.1 Å². The minimum Gasteiger partial charge on any atom is -0.489 e. The minimum atomic E-state index is -0.423. The zero-order valence-electron chi connectivity index (χ0n) is 18.7. The molecule has 0 aliphatic carbocycles. The number of aryl methyl sites for hydroxylation is 2. The maximum absolute atomic E-state index is 12.9. The molecule has 0 bridgehead atoms. The lowest BCUT2D eigenvalue weighted by Gasteiger charge is -2.11. The minimum absolute atomic E-state index is 0.111. The zero-order chi connectivity index (χ0) is 24.1. The zero-order valence-corrected chi connectivity index (χ0v) is 19.4. The second-order valence-corrected chi connectivity index (χ2v) is 8.12. The summed E-state index contributed by atoms with van der Waals surface area (Å²) in [6.07, 6.45) is 3.11. The number of aromatic nitrogens is 2. The van der Waals surface area contributed by atoms with Gasteiger partial charge in [0.1, 0.15) is 18.1 Å². The molecular weight excluding hydrogens is 456 g/mol.